The summed E-state index contributed by atoms with van der Waals surface area (Å²) in [6, 6.07) is 17.5. The van der Waals surface area contributed by atoms with Gasteiger partial charge in [-0.15, -0.1) is 23.4 Å². The minimum atomic E-state index is -3.75. The van der Waals surface area contributed by atoms with Crippen LogP contribution in [0.5, 0.6) is 0 Å². The van der Waals surface area contributed by atoms with E-state index in [-0.39, 0.29) is 30.2 Å². The zero-order valence-corrected chi connectivity index (χ0v) is 23.3. The number of aldehydes is 1. The van der Waals surface area contributed by atoms with Gasteiger partial charge in [-0.1, -0.05) is 60.7 Å². The van der Waals surface area contributed by atoms with Gasteiger partial charge < -0.3 is 9.53 Å². The second-order valence-corrected chi connectivity index (χ2v) is 11.7. The number of hydrogen-bond acceptors (Lipinski definition) is 8. The molecule has 4 rings (SSSR count). The molecule has 3 unspecified atom stereocenters. The maximum atomic E-state index is 13.7. The minimum Gasteiger partial charge on any atom is -0.448 e. The van der Waals surface area contributed by atoms with Crippen molar-refractivity contribution < 1.29 is 32.7 Å². The molecule has 1 amide bonds. The number of amides is 1. The first-order valence-corrected chi connectivity index (χ1v) is 15.1. The maximum absolute atomic E-state index is 13.7. The molecule has 2 aromatic rings. The van der Waals surface area contributed by atoms with E-state index in [1.54, 1.807) is 13.8 Å². The molecule has 3 atom stereocenters. The monoisotopic (exact) mass is 578 g/mol. The highest BCUT2D eigenvalue weighted by atomic mass is 35.5. The molecular formula is C26H28ClN2O7PS. The Bertz CT molecular complexity index is 1200. The lowest BCUT2D eigenvalue weighted by atomic mass is 10.0. The van der Waals surface area contributed by atoms with Gasteiger partial charge in [0.15, 0.2) is 6.10 Å². The van der Waals surface area contributed by atoms with Crippen LogP contribution in [-0.2, 0) is 32.7 Å². The van der Waals surface area contributed by atoms with Crippen molar-refractivity contribution in [3.8, 4) is 0 Å². The van der Waals surface area contributed by atoms with E-state index in [4.69, 9.17) is 25.4 Å². The number of nitrogens with zero attached hydrogens (tertiary/aromatic N) is 1. The molecule has 0 aromatic heterocycles. The molecule has 0 radical (unpaired) electrons. The molecule has 0 saturated carbocycles. The summed E-state index contributed by atoms with van der Waals surface area (Å²) in [6.45, 7) is 3.55. The summed E-state index contributed by atoms with van der Waals surface area (Å²) >= 11 is 7.57. The number of carbonyl (C=O) groups is 3. The topological polar surface area (TPSA) is 111 Å². The first-order chi connectivity index (χ1) is 18.3. The van der Waals surface area contributed by atoms with Crippen LogP contribution in [0, 0.1) is 0 Å². The average Bonchev–Trinajstić information content (AvgIpc) is 2.94. The number of thioether (sulfide) groups is 1. The lowest BCUT2D eigenvalue weighted by Crippen LogP contribution is -2.69. The van der Waals surface area contributed by atoms with Crippen LogP contribution < -0.4 is 5.09 Å². The highest BCUT2D eigenvalue weighted by Crippen LogP contribution is 2.49. The molecule has 2 aromatic carbocycles. The van der Waals surface area contributed by atoms with E-state index in [0.29, 0.717) is 6.29 Å². The van der Waals surface area contributed by atoms with Crippen molar-refractivity contribution in [2.45, 2.75) is 36.7 Å². The highest BCUT2D eigenvalue weighted by Gasteiger charge is 2.56. The molecule has 2 aliphatic rings. The fraction of sp³-hybridized carbons (Fsp3) is 0.346. The molecule has 2 heterocycles. The third kappa shape index (κ3) is 5.91. The van der Waals surface area contributed by atoms with Crippen molar-refractivity contribution in [3.05, 3.63) is 83.1 Å². The van der Waals surface area contributed by atoms with Gasteiger partial charge in [0.2, 0.25) is 5.91 Å². The van der Waals surface area contributed by atoms with Crippen LogP contribution in [-0.4, -0.2) is 58.8 Å². The summed E-state index contributed by atoms with van der Waals surface area (Å²) in [5, 5.41) is 0.977. The molecule has 2 aliphatic heterocycles. The summed E-state index contributed by atoms with van der Waals surface area (Å²) in [5.41, 5.74) is 1.66. The Morgan fingerprint density at radius 2 is 1.66 bits per heavy atom. The normalized spacial score (nSPS) is 20.1. The number of esters is 1. The number of nitrogens with one attached hydrogen (secondary N) is 1. The van der Waals surface area contributed by atoms with Gasteiger partial charge in [0.05, 0.1) is 13.2 Å². The van der Waals surface area contributed by atoms with E-state index in [2.05, 4.69) is 5.09 Å². The van der Waals surface area contributed by atoms with Crippen molar-refractivity contribution in [2.24, 2.45) is 0 Å². The Hall–Kier alpha value is -2.46. The minimum absolute atomic E-state index is 0.0802. The molecular weight excluding hydrogens is 551 g/mol. The maximum Gasteiger partial charge on any atom is 0.406 e. The number of halogens is 1. The average molecular weight is 579 g/mol. The summed E-state index contributed by atoms with van der Waals surface area (Å²) < 4.78 is 29.6. The van der Waals surface area contributed by atoms with Crippen molar-refractivity contribution in [3.63, 3.8) is 0 Å². The van der Waals surface area contributed by atoms with E-state index in [9.17, 15) is 18.9 Å². The predicted molar refractivity (Wildman–Crippen MR) is 144 cm³/mol. The second-order valence-electron chi connectivity index (χ2n) is 8.37. The van der Waals surface area contributed by atoms with Crippen molar-refractivity contribution >= 4 is 49.3 Å². The van der Waals surface area contributed by atoms with E-state index >= 15 is 0 Å². The van der Waals surface area contributed by atoms with Crippen molar-refractivity contribution in [1.29, 1.82) is 0 Å². The van der Waals surface area contributed by atoms with Crippen LogP contribution in [0.4, 0.5) is 0 Å². The van der Waals surface area contributed by atoms with Crippen LogP contribution in [0.15, 0.2) is 71.9 Å². The van der Waals surface area contributed by atoms with Crippen molar-refractivity contribution in [1.82, 2.24) is 9.99 Å². The molecule has 0 aliphatic carbocycles. The number of hydrogen-bond donors (Lipinski definition) is 1. The third-order valence-electron chi connectivity index (χ3n) is 5.97. The number of β-lactam (4-membered cyclic amide) rings is 1. The molecule has 0 spiro atoms. The van der Waals surface area contributed by atoms with Gasteiger partial charge in [0, 0.05) is 5.75 Å². The fourth-order valence-electron chi connectivity index (χ4n) is 4.28. The number of carbonyl (C=O) groups excluding carboxylic acids is 3. The zero-order chi connectivity index (χ0) is 27.3. The summed E-state index contributed by atoms with van der Waals surface area (Å²) in [4.78, 5) is 39.9. The van der Waals surface area contributed by atoms with Gasteiger partial charge in [-0.05, 0) is 30.5 Å². The van der Waals surface area contributed by atoms with Gasteiger partial charge in [0.1, 0.15) is 28.8 Å². The van der Waals surface area contributed by atoms with E-state index in [1.807, 2.05) is 60.7 Å². The standard InChI is InChI=1S/C26H28ClN2O7PS/c1-3-34-37(33,35-4-2)28-21-24(31)29-22(19(20(27)15-30)16-38-25(21)29)26(32)36-23(17-11-7-5-8-12-17)18-13-9-6-10-14-18/h5-15,20-21,23,25H,3-4,16H2,1-2H3,(H,28,33). The quantitative estimate of drug-likeness (QED) is 0.128. The Labute approximate surface area is 230 Å². The van der Waals surface area contributed by atoms with Crippen molar-refractivity contribution in [2.75, 3.05) is 19.0 Å². The molecule has 9 nitrogen and oxygen atoms in total. The summed E-state index contributed by atoms with van der Waals surface area (Å²) in [5.74, 6) is -1.13. The molecule has 0 bridgehead atoms. The number of fused-ring (bicyclic) bond motifs is 1. The van der Waals surface area contributed by atoms with Crippen LogP contribution in [0.25, 0.3) is 0 Å². The molecule has 38 heavy (non-hydrogen) atoms. The van der Waals surface area contributed by atoms with E-state index in [1.165, 1.54) is 16.7 Å². The number of benzene rings is 2. The summed E-state index contributed by atoms with van der Waals surface area (Å²) in [7, 11) is -3.75. The molecule has 1 N–H and O–H groups in total. The van der Waals surface area contributed by atoms with E-state index < -0.39 is 42.5 Å². The predicted octanol–water partition coefficient (Wildman–Crippen LogP) is 4.43. The largest absolute Gasteiger partial charge is 0.448 e. The van der Waals surface area contributed by atoms with Crippen LogP contribution >= 0.6 is 31.1 Å². The molecule has 1 saturated heterocycles. The van der Waals surface area contributed by atoms with Gasteiger partial charge >= 0.3 is 13.7 Å². The highest BCUT2D eigenvalue weighted by molar-refractivity contribution is 8.00. The Morgan fingerprint density at radius 3 is 2.16 bits per heavy atom. The Balaban J connectivity index is 1.66. The third-order valence-corrected chi connectivity index (χ3v) is 9.43. The molecule has 202 valence electrons. The van der Waals surface area contributed by atoms with Gasteiger partial charge in [-0.2, -0.15) is 0 Å². The van der Waals surface area contributed by atoms with Gasteiger partial charge in [0.25, 0.3) is 0 Å². The van der Waals surface area contributed by atoms with Crippen LogP contribution in [0.1, 0.15) is 31.1 Å². The molecule has 1 fully saturated rings. The van der Waals surface area contributed by atoms with Crippen LogP contribution in [0.2, 0.25) is 0 Å². The first-order valence-electron chi connectivity index (χ1n) is 12.1. The fourth-order valence-corrected chi connectivity index (χ4v) is 7.55. The second kappa shape index (κ2) is 12.6. The Morgan fingerprint density at radius 1 is 1.11 bits per heavy atom. The molecule has 12 heteroatoms. The van der Waals surface area contributed by atoms with Gasteiger partial charge in [-0.3, -0.25) is 18.7 Å². The lowest BCUT2D eigenvalue weighted by Gasteiger charge is -2.50. The first kappa shape index (κ1) is 28.5. The number of rotatable bonds is 12. The number of alkyl halides is 1. The Kier molecular flexibility index (Phi) is 9.46. The number of ether oxygens (including phenoxy) is 1. The smallest absolute Gasteiger partial charge is 0.406 e. The van der Waals surface area contributed by atoms with Crippen LogP contribution in [0.3, 0.4) is 0 Å². The zero-order valence-electron chi connectivity index (χ0n) is 20.8. The lowest BCUT2D eigenvalue weighted by molar-refractivity contribution is -0.153. The summed E-state index contributed by atoms with van der Waals surface area (Å²) in [6.07, 6.45) is -0.256. The van der Waals surface area contributed by atoms with Gasteiger partial charge in [-0.25, -0.2) is 14.4 Å². The van der Waals surface area contributed by atoms with E-state index in [0.717, 1.165) is 11.1 Å². The SMILES string of the molecule is CCOP(=O)(NC1C(=O)N2C(C(=O)OC(c3ccccc3)c3ccccc3)=C(C(Cl)C=O)CSC12)OCC.